The molecule has 0 spiro atoms. The standard InChI is InChI=1S/C10H16N3P/c1-7(14)9-5-12-10(13-6-9)8-2-3-11-4-8/h5-8,11H,2-4,14H2,1H3/t7-,8?/m0/s1. The summed E-state index contributed by atoms with van der Waals surface area (Å²) in [6, 6.07) is 0. The monoisotopic (exact) mass is 209 g/mol. The van der Waals surface area contributed by atoms with Crippen molar-refractivity contribution in [3.05, 3.63) is 23.8 Å². The molecule has 0 bridgehead atoms. The van der Waals surface area contributed by atoms with Gasteiger partial charge in [0.15, 0.2) is 0 Å². The summed E-state index contributed by atoms with van der Waals surface area (Å²) in [5, 5.41) is 3.32. The zero-order valence-electron chi connectivity index (χ0n) is 8.40. The van der Waals surface area contributed by atoms with Crippen molar-refractivity contribution in [2.45, 2.75) is 24.9 Å². The van der Waals surface area contributed by atoms with Gasteiger partial charge in [0, 0.05) is 24.9 Å². The van der Waals surface area contributed by atoms with Gasteiger partial charge in [-0.25, -0.2) is 9.97 Å². The Kier molecular flexibility index (Phi) is 3.09. The third kappa shape index (κ3) is 2.10. The molecule has 2 heterocycles. The number of nitrogens with one attached hydrogen (secondary N) is 1. The van der Waals surface area contributed by atoms with Gasteiger partial charge in [-0.2, -0.15) is 0 Å². The minimum absolute atomic E-state index is 0.436. The molecule has 3 atom stereocenters. The number of hydrogen-bond donors (Lipinski definition) is 1. The molecule has 1 saturated heterocycles. The van der Waals surface area contributed by atoms with Gasteiger partial charge in [0.05, 0.1) is 0 Å². The molecule has 76 valence electrons. The third-order valence-corrected chi connectivity index (χ3v) is 3.03. The summed E-state index contributed by atoms with van der Waals surface area (Å²) in [5.41, 5.74) is 1.62. The van der Waals surface area contributed by atoms with E-state index in [1.165, 1.54) is 5.56 Å². The van der Waals surface area contributed by atoms with Gasteiger partial charge in [0.25, 0.3) is 0 Å². The first-order valence-electron chi connectivity index (χ1n) is 5.05. The first-order chi connectivity index (χ1) is 6.77. The fourth-order valence-electron chi connectivity index (χ4n) is 1.67. The average molecular weight is 209 g/mol. The molecular formula is C10H16N3P. The lowest BCUT2D eigenvalue weighted by molar-refractivity contribution is 0.698. The van der Waals surface area contributed by atoms with E-state index < -0.39 is 0 Å². The second-order valence-electron chi connectivity index (χ2n) is 3.85. The summed E-state index contributed by atoms with van der Waals surface area (Å²) in [5.74, 6) is 1.51. The van der Waals surface area contributed by atoms with Crippen LogP contribution >= 0.6 is 9.24 Å². The zero-order chi connectivity index (χ0) is 9.97. The Morgan fingerprint density at radius 1 is 1.50 bits per heavy atom. The van der Waals surface area contributed by atoms with Crippen molar-refractivity contribution in [1.82, 2.24) is 15.3 Å². The van der Waals surface area contributed by atoms with E-state index in [0.717, 1.165) is 25.3 Å². The summed E-state index contributed by atoms with van der Waals surface area (Å²) in [4.78, 5) is 8.84. The molecule has 2 unspecified atom stereocenters. The van der Waals surface area contributed by atoms with Crippen LogP contribution in [0.4, 0.5) is 0 Å². The summed E-state index contributed by atoms with van der Waals surface area (Å²) >= 11 is 0. The van der Waals surface area contributed by atoms with E-state index in [4.69, 9.17) is 0 Å². The molecule has 1 fully saturated rings. The van der Waals surface area contributed by atoms with Gasteiger partial charge in [-0.05, 0) is 24.2 Å². The topological polar surface area (TPSA) is 37.8 Å². The highest BCUT2D eigenvalue weighted by atomic mass is 31.0. The van der Waals surface area contributed by atoms with Crippen LogP contribution in [0.5, 0.6) is 0 Å². The van der Waals surface area contributed by atoms with Crippen LogP contribution in [0, 0.1) is 0 Å². The van der Waals surface area contributed by atoms with E-state index in [1.54, 1.807) is 0 Å². The van der Waals surface area contributed by atoms with Crippen LogP contribution in [0.2, 0.25) is 0 Å². The molecule has 1 aliphatic rings. The van der Waals surface area contributed by atoms with Gasteiger partial charge in [0.1, 0.15) is 5.82 Å². The molecule has 14 heavy (non-hydrogen) atoms. The Bertz CT molecular complexity index is 291. The minimum Gasteiger partial charge on any atom is -0.316 e. The van der Waals surface area contributed by atoms with Crippen LogP contribution in [0.15, 0.2) is 12.4 Å². The maximum Gasteiger partial charge on any atom is 0.132 e. The molecular weight excluding hydrogens is 193 g/mol. The molecule has 1 aliphatic heterocycles. The van der Waals surface area contributed by atoms with Crippen LogP contribution in [0.1, 0.15) is 36.3 Å². The molecule has 0 aromatic carbocycles. The van der Waals surface area contributed by atoms with E-state index in [9.17, 15) is 0 Å². The number of aromatic nitrogens is 2. The fraction of sp³-hybridized carbons (Fsp3) is 0.600. The van der Waals surface area contributed by atoms with Crippen molar-refractivity contribution in [3.63, 3.8) is 0 Å². The van der Waals surface area contributed by atoms with E-state index in [1.807, 2.05) is 12.4 Å². The number of rotatable bonds is 2. The largest absolute Gasteiger partial charge is 0.316 e. The summed E-state index contributed by atoms with van der Waals surface area (Å²) in [6.45, 7) is 4.24. The van der Waals surface area contributed by atoms with Gasteiger partial charge >= 0.3 is 0 Å². The lowest BCUT2D eigenvalue weighted by Crippen LogP contribution is -2.10. The van der Waals surface area contributed by atoms with Crippen molar-refractivity contribution in [1.29, 1.82) is 0 Å². The molecule has 0 saturated carbocycles. The highest BCUT2D eigenvalue weighted by molar-refractivity contribution is 7.17. The van der Waals surface area contributed by atoms with Crippen molar-refractivity contribution in [2.75, 3.05) is 13.1 Å². The fourth-order valence-corrected chi connectivity index (χ4v) is 1.84. The first-order valence-corrected chi connectivity index (χ1v) is 5.72. The van der Waals surface area contributed by atoms with Crippen molar-refractivity contribution >= 4 is 9.24 Å². The molecule has 3 nitrogen and oxygen atoms in total. The lowest BCUT2D eigenvalue weighted by atomic mass is 10.1. The van der Waals surface area contributed by atoms with E-state index >= 15 is 0 Å². The third-order valence-electron chi connectivity index (χ3n) is 2.64. The molecule has 1 aromatic rings. The quantitative estimate of drug-likeness (QED) is 0.750. The zero-order valence-corrected chi connectivity index (χ0v) is 9.56. The predicted octanol–water partition coefficient (Wildman–Crippen LogP) is 1.49. The van der Waals surface area contributed by atoms with E-state index in [-0.39, 0.29) is 0 Å². The van der Waals surface area contributed by atoms with Gasteiger partial charge in [-0.3, -0.25) is 0 Å². The molecule has 0 aliphatic carbocycles. The average Bonchev–Trinajstić information content (AvgIpc) is 2.71. The highest BCUT2D eigenvalue weighted by Crippen LogP contribution is 2.22. The molecule has 4 heteroatoms. The van der Waals surface area contributed by atoms with Crippen LogP contribution in [0.3, 0.4) is 0 Å². The number of nitrogens with zero attached hydrogens (tertiary/aromatic N) is 2. The number of hydrogen-bond acceptors (Lipinski definition) is 3. The minimum atomic E-state index is 0.436. The molecule has 2 rings (SSSR count). The molecule has 1 N–H and O–H groups in total. The Labute approximate surface area is 86.9 Å². The van der Waals surface area contributed by atoms with Crippen molar-refractivity contribution in [3.8, 4) is 0 Å². The maximum atomic E-state index is 4.42. The van der Waals surface area contributed by atoms with Gasteiger partial charge in [0.2, 0.25) is 0 Å². The molecule has 0 amide bonds. The lowest BCUT2D eigenvalue weighted by Gasteiger charge is -2.08. The SMILES string of the molecule is C[C@H](P)c1cnc(C2CCNC2)nc1. The molecule has 1 aromatic heterocycles. The Hall–Kier alpha value is -0.530. The highest BCUT2D eigenvalue weighted by Gasteiger charge is 2.18. The van der Waals surface area contributed by atoms with Gasteiger partial charge in [-0.15, -0.1) is 9.24 Å². The summed E-state index contributed by atoms with van der Waals surface area (Å²) in [7, 11) is 2.76. The van der Waals surface area contributed by atoms with Gasteiger partial charge < -0.3 is 5.32 Å². The summed E-state index contributed by atoms with van der Waals surface area (Å²) in [6.07, 6.45) is 5.05. The van der Waals surface area contributed by atoms with Gasteiger partial charge in [-0.1, -0.05) is 6.92 Å². The normalized spacial score (nSPS) is 23.7. The first kappa shape index (κ1) is 10.0. The van der Waals surface area contributed by atoms with Crippen LogP contribution in [-0.4, -0.2) is 23.1 Å². The predicted molar refractivity (Wildman–Crippen MR) is 60.4 cm³/mol. The summed E-state index contributed by atoms with van der Waals surface area (Å²) < 4.78 is 0. The van der Waals surface area contributed by atoms with Crippen molar-refractivity contribution < 1.29 is 0 Å². The van der Waals surface area contributed by atoms with Crippen LogP contribution < -0.4 is 5.32 Å². The Morgan fingerprint density at radius 2 is 2.21 bits per heavy atom. The van der Waals surface area contributed by atoms with Crippen LogP contribution in [-0.2, 0) is 0 Å². The Balaban J connectivity index is 2.12. The maximum absolute atomic E-state index is 4.42. The van der Waals surface area contributed by atoms with E-state index in [0.29, 0.717) is 11.6 Å². The van der Waals surface area contributed by atoms with Crippen molar-refractivity contribution in [2.24, 2.45) is 0 Å². The smallest absolute Gasteiger partial charge is 0.132 e. The second kappa shape index (κ2) is 4.33. The molecule has 0 radical (unpaired) electrons. The van der Waals surface area contributed by atoms with E-state index in [2.05, 4.69) is 31.4 Å². The van der Waals surface area contributed by atoms with Crippen LogP contribution in [0.25, 0.3) is 0 Å². The second-order valence-corrected chi connectivity index (χ2v) is 4.85. The Morgan fingerprint density at radius 3 is 2.71 bits per heavy atom.